The number of halogens is 1. The molecule has 0 heterocycles. The van der Waals surface area contributed by atoms with Crippen molar-refractivity contribution < 1.29 is 19.0 Å². The van der Waals surface area contributed by atoms with Gasteiger partial charge in [-0.3, -0.25) is 0 Å². The molecule has 4 nitrogen and oxygen atoms in total. The highest BCUT2D eigenvalue weighted by atomic mass is 19.1. The molecule has 0 amide bonds. The van der Waals surface area contributed by atoms with Gasteiger partial charge >= 0.3 is 5.97 Å². The van der Waals surface area contributed by atoms with Crippen molar-refractivity contribution in [1.82, 2.24) is 0 Å². The Morgan fingerprint density at radius 1 is 1.30 bits per heavy atom. The molecule has 0 aliphatic rings. The number of nitrogen functional groups attached to an aromatic ring is 1. The summed E-state index contributed by atoms with van der Waals surface area (Å²) >= 11 is 0. The van der Waals surface area contributed by atoms with Gasteiger partial charge in [0.25, 0.3) is 0 Å². The average Bonchev–Trinajstić information content (AvgIpc) is 2.41. The van der Waals surface area contributed by atoms with Crippen LogP contribution in [0.4, 0.5) is 10.1 Å². The van der Waals surface area contributed by atoms with Crippen molar-refractivity contribution in [2.45, 2.75) is 13.5 Å². The first kappa shape index (κ1) is 13.9. The summed E-state index contributed by atoms with van der Waals surface area (Å²) < 4.78 is 18.7. The Kier molecular flexibility index (Phi) is 3.89. The van der Waals surface area contributed by atoms with Gasteiger partial charge in [-0.1, -0.05) is 6.07 Å². The van der Waals surface area contributed by atoms with Crippen molar-refractivity contribution in [3.05, 3.63) is 58.9 Å². The van der Waals surface area contributed by atoms with Crippen molar-refractivity contribution in [3.8, 4) is 5.75 Å². The summed E-state index contributed by atoms with van der Waals surface area (Å²) in [6.07, 6.45) is 0. The molecule has 3 N–H and O–H groups in total. The van der Waals surface area contributed by atoms with Gasteiger partial charge in [-0.25, -0.2) is 9.18 Å². The quantitative estimate of drug-likeness (QED) is 0.841. The Hall–Kier alpha value is -2.56. The number of ether oxygens (including phenoxy) is 1. The van der Waals surface area contributed by atoms with Crippen LogP contribution in [0.15, 0.2) is 36.4 Å². The fraction of sp³-hybridized carbons (Fsp3) is 0.133. The van der Waals surface area contributed by atoms with Gasteiger partial charge in [0, 0.05) is 0 Å². The molecule has 20 heavy (non-hydrogen) atoms. The summed E-state index contributed by atoms with van der Waals surface area (Å²) in [5.41, 5.74) is 7.73. The molecule has 5 heteroatoms. The first-order valence-corrected chi connectivity index (χ1v) is 5.98. The van der Waals surface area contributed by atoms with Crippen LogP contribution in [-0.2, 0) is 6.61 Å². The number of carbonyl (C=O) groups is 1. The number of anilines is 1. The summed E-state index contributed by atoms with van der Waals surface area (Å²) in [5.74, 6) is -1.13. The van der Waals surface area contributed by atoms with Gasteiger partial charge in [-0.2, -0.15) is 0 Å². The van der Waals surface area contributed by atoms with Gasteiger partial charge in [0.1, 0.15) is 18.2 Å². The lowest BCUT2D eigenvalue weighted by atomic mass is 10.1. The number of aryl methyl sites for hydroxylation is 1. The van der Waals surface area contributed by atoms with Gasteiger partial charge in [0.2, 0.25) is 0 Å². The van der Waals surface area contributed by atoms with Gasteiger partial charge < -0.3 is 15.6 Å². The highest BCUT2D eigenvalue weighted by Crippen LogP contribution is 2.24. The van der Waals surface area contributed by atoms with Crippen LogP contribution in [0.1, 0.15) is 21.5 Å². The number of aromatic carboxylic acids is 1. The Balaban J connectivity index is 2.20. The highest BCUT2D eigenvalue weighted by molar-refractivity contribution is 5.89. The zero-order chi connectivity index (χ0) is 14.7. The Morgan fingerprint density at radius 3 is 2.75 bits per heavy atom. The van der Waals surface area contributed by atoms with Gasteiger partial charge in [0.15, 0.2) is 0 Å². The maximum atomic E-state index is 13.2. The standard InChI is InChI=1S/C15H14FNO3/c1-9-2-4-12(16)6-11(9)8-20-14-7-10(15(18)19)3-5-13(14)17/h2-7H,8,17H2,1H3,(H,18,19). The van der Waals surface area contributed by atoms with E-state index in [-0.39, 0.29) is 23.7 Å². The summed E-state index contributed by atoms with van der Waals surface area (Å²) in [6, 6.07) is 8.64. The Bertz CT molecular complexity index is 656. The van der Waals surface area contributed by atoms with Crippen LogP contribution in [0.5, 0.6) is 5.75 Å². The molecule has 0 atom stereocenters. The normalized spacial score (nSPS) is 10.3. The van der Waals surface area contributed by atoms with Crippen LogP contribution in [0.2, 0.25) is 0 Å². The van der Waals surface area contributed by atoms with E-state index in [9.17, 15) is 9.18 Å². The molecule has 0 fully saturated rings. The van der Waals surface area contributed by atoms with E-state index in [4.69, 9.17) is 15.6 Å². The minimum atomic E-state index is -1.06. The van der Waals surface area contributed by atoms with Gasteiger partial charge in [-0.15, -0.1) is 0 Å². The van der Waals surface area contributed by atoms with Crippen LogP contribution < -0.4 is 10.5 Å². The SMILES string of the molecule is Cc1ccc(F)cc1COc1cc(C(=O)O)ccc1N. The third kappa shape index (κ3) is 3.06. The second-order valence-electron chi connectivity index (χ2n) is 4.42. The first-order chi connectivity index (χ1) is 9.47. The van der Waals surface area contributed by atoms with E-state index in [0.29, 0.717) is 11.3 Å². The summed E-state index contributed by atoms with van der Waals surface area (Å²) in [6.45, 7) is 1.96. The van der Waals surface area contributed by atoms with E-state index in [1.807, 2.05) is 6.92 Å². The average molecular weight is 275 g/mol. The van der Waals surface area contributed by atoms with Crippen LogP contribution in [0, 0.1) is 12.7 Å². The monoisotopic (exact) mass is 275 g/mol. The molecular weight excluding hydrogens is 261 g/mol. The molecule has 2 aromatic rings. The fourth-order valence-electron chi connectivity index (χ4n) is 1.74. The predicted octanol–water partition coefficient (Wildman–Crippen LogP) is 2.99. The van der Waals surface area contributed by atoms with Crippen molar-refractivity contribution in [1.29, 1.82) is 0 Å². The maximum absolute atomic E-state index is 13.2. The molecule has 0 bridgehead atoms. The summed E-state index contributed by atoms with van der Waals surface area (Å²) in [7, 11) is 0. The minimum absolute atomic E-state index is 0.0881. The molecular formula is C15H14FNO3. The number of hydrogen-bond acceptors (Lipinski definition) is 3. The molecule has 0 spiro atoms. The topological polar surface area (TPSA) is 72.5 Å². The van der Waals surface area contributed by atoms with E-state index in [2.05, 4.69) is 0 Å². The van der Waals surface area contributed by atoms with E-state index in [1.165, 1.54) is 30.3 Å². The molecule has 0 aliphatic heterocycles. The molecule has 2 rings (SSSR count). The molecule has 2 aromatic carbocycles. The molecule has 0 aliphatic carbocycles. The zero-order valence-electron chi connectivity index (χ0n) is 10.9. The van der Waals surface area contributed by atoms with Gasteiger partial charge in [0.05, 0.1) is 11.3 Å². The van der Waals surface area contributed by atoms with Crippen molar-refractivity contribution >= 4 is 11.7 Å². The Morgan fingerprint density at radius 2 is 2.05 bits per heavy atom. The second-order valence-corrected chi connectivity index (χ2v) is 4.42. The zero-order valence-corrected chi connectivity index (χ0v) is 10.9. The third-order valence-corrected chi connectivity index (χ3v) is 2.95. The minimum Gasteiger partial charge on any atom is -0.487 e. The van der Waals surface area contributed by atoms with Crippen LogP contribution in [0.25, 0.3) is 0 Å². The number of benzene rings is 2. The largest absolute Gasteiger partial charge is 0.487 e. The van der Waals surface area contributed by atoms with E-state index in [1.54, 1.807) is 6.07 Å². The lowest BCUT2D eigenvalue weighted by Gasteiger charge is -2.11. The highest BCUT2D eigenvalue weighted by Gasteiger charge is 2.09. The number of rotatable bonds is 4. The smallest absolute Gasteiger partial charge is 0.335 e. The van der Waals surface area contributed by atoms with E-state index in [0.717, 1.165) is 5.56 Å². The third-order valence-electron chi connectivity index (χ3n) is 2.95. The molecule has 0 saturated carbocycles. The van der Waals surface area contributed by atoms with E-state index >= 15 is 0 Å². The first-order valence-electron chi connectivity index (χ1n) is 5.98. The molecule has 0 unspecified atom stereocenters. The van der Waals surface area contributed by atoms with Crippen LogP contribution in [0.3, 0.4) is 0 Å². The van der Waals surface area contributed by atoms with Crippen molar-refractivity contribution in [2.75, 3.05) is 5.73 Å². The van der Waals surface area contributed by atoms with Crippen molar-refractivity contribution in [3.63, 3.8) is 0 Å². The van der Waals surface area contributed by atoms with E-state index < -0.39 is 5.97 Å². The van der Waals surface area contributed by atoms with Gasteiger partial charge in [-0.05, 0) is 48.4 Å². The van der Waals surface area contributed by atoms with Crippen LogP contribution in [-0.4, -0.2) is 11.1 Å². The van der Waals surface area contributed by atoms with Crippen molar-refractivity contribution in [2.24, 2.45) is 0 Å². The maximum Gasteiger partial charge on any atom is 0.335 e. The summed E-state index contributed by atoms with van der Waals surface area (Å²) in [5, 5.41) is 8.92. The molecule has 104 valence electrons. The molecule has 0 radical (unpaired) electrons. The molecule has 0 saturated heterocycles. The number of carboxylic acid groups (broad SMARTS) is 1. The number of nitrogens with two attached hydrogens (primary N) is 1. The lowest BCUT2D eigenvalue weighted by Crippen LogP contribution is -2.03. The summed E-state index contributed by atoms with van der Waals surface area (Å²) in [4.78, 5) is 10.9. The molecule has 0 aromatic heterocycles. The lowest BCUT2D eigenvalue weighted by molar-refractivity contribution is 0.0696. The fourth-order valence-corrected chi connectivity index (χ4v) is 1.74. The Labute approximate surface area is 115 Å². The predicted molar refractivity (Wildman–Crippen MR) is 73.3 cm³/mol. The number of hydrogen-bond donors (Lipinski definition) is 2. The second kappa shape index (κ2) is 5.61. The number of carboxylic acids is 1. The van der Waals surface area contributed by atoms with Crippen LogP contribution >= 0.6 is 0 Å².